The highest BCUT2D eigenvalue weighted by Gasteiger charge is 2.38. The molecule has 2 aromatic rings. The van der Waals surface area contributed by atoms with E-state index in [0.29, 0.717) is 43.2 Å². The van der Waals surface area contributed by atoms with E-state index in [1.807, 2.05) is 4.90 Å². The lowest BCUT2D eigenvalue weighted by atomic mass is 10.1. The Bertz CT molecular complexity index is 1080. The minimum atomic E-state index is -4.40. The zero-order chi connectivity index (χ0) is 24.5. The van der Waals surface area contributed by atoms with E-state index in [2.05, 4.69) is 5.32 Å². The molecule has 0 bridgehead atoms. The summed E-state index contributed by atoms with van der Waals surface area (Å²) in [4.78, 5) is 41.9. The van der Waals surface area contributed by atoms with Gasteiger partial charge < -0.3 is 20.0 Å². The number of carbonyl (C=O) groups excluding carboxylic acids is 3. The van der Waals surface area contributed by atoms with Gasteiger partial charge in [-0.1, -0.05) is 6.07 Å². The highest BCUT2D eigenvalue weighted by atomic mass is 19.4. The molecular weight excluding hydrogens is 449 g/mol. The third-order valence-electron chi connectivity index (χ3n) is 6.10. The van der Waals surface area contributed by atoms with Crippen LogP contribution >= 0.6 is 0 Å². The Morgan fingerprint density at radius 3 is 2.26 bits per heavy atom. The van der Waals surface area contributed by atoms with Crippen LogP contribution in [-0.4, -0.2) is 55.3 Å². The zero-order valence-electron chi connectivity index (χ0n) is 18.6. The van der Waals surface area contributed by atoms with Crippen LogP contribution < -0.4 is 15.1 Å². The normalized spacial score (nSPS) is 18.9. The first-order valence-corrected chi connectivity index (χ1v) is 11.0. The Kier molecular flexibility index (Phi) is 6.49. The number of nitrogens with zero attached hydrogens (tertiary/aromatic N) is 3. The second-order valence-electron chi connectivity index (χ2n) is 8.49. The summed E-state index contributed by atoms with van der Waals surface area (Å²) < 4.78 is 39.0. The highest BCUT2D eigenvalue weighted by molar-refractivity contribution is 6.00. The Morgan fingerprint density at radius 2 is 1.65 bits per heavy atom. The lowest BCUT2D eigenvalue weighted by Crippen LogP contribution is -2.50. The van der Waals surface area contributed by atoms with Crippen molar-refractivity contribution in [3.8, 4) is 0 Å². The molecule has 1 atom stereocenters. The molecule has 2 heterocycles. The number of rotatable bonds is 4. The number of benzene rings is 2. The van der Waals surface area contributed by atoms with E-state index in [4.69, 9.17) is 0 Å². The first-order chi connectivity index (χ1) is 16.1. The molecule has 0 aliphatic carbocycles. The van der Waals surface area contributed by atoms with Crippen LogP contribution in [0.5, 0.6) is 0 Å². The molecule has 3 amide bonds. The molecule has 10 heteroatoms. The summed E-state index contributed by atoms with van der Waals surface area (Å²) in [6.45, 7) is 3.28. The summed E-state index contributed by atoms with van der Waals surface area (Å²) in [5, 5.41) is 2.67. The van der Waals surface area contributed by atoms with Crippen LogP contribution in [0.15, 0.2) is 48.5 Å². The van der Waals surface area contributed by atoms with E-state index in [1.165, 1.54) is 13.0 Å². The van der Waals surface area contributed by atoms with Gasteiger partial charge in [0.1, 0.15) is 0 Å². The molecule has 1 N–H and O–H groups in total. The predicted molar refractivity (Wildman–Crippen MR) is 121 cm³/mol. The number of nitrogens with one attached hydrogen (secondary N) is 1. The van der Waals surface area contributed by atoms with Crippen LogP contribution in [0.1, 0.15) is 18.9 Å². The van der Waals surface area contributed by atoms with E-state index in [9.17, 15) is 27.6 Å². The molecule has 2 aliphatic heterocycles. The van der Waals surface area contributed by atoms with Crippen molar-refractivity contribution in [2.45, 2.75) is 19.5 Å². The molecule has 2 fully saturated rings. The number of carbonyl (C=O) groups is 3. The fourth-order valence-electron chi connectivity index (χ4n) is 4.37. The minimum absolute atomic E-state index is 0.111. The van der Waals surface area contributed by atoms with Crippen molar-refractivity contribution in [1.82, 2.24) is 4.90 Å². The van der Waals surface area contributed by atoms with Crippen LogP contribution in [0.3, 0.4) is 0 Å². The van der Waals surface area contributed by atoms with Crippen LogP contribution in [-0.2, 0) is 20.6 Å². The summed E-state index contributed by atoms with van der Waals surface area (Å²) in [5.41, 5.74) is 1.06. The number of alkyl halides is 3. The van der Waals surface area contributed by atoms with Crippen molar-refractivity contribution in [3.05, 3.63) is 54.1 Å². The maximum Gasteiger partial charge on any atom is 0.416 e. The van der Waals surface area contributed by atoms with Crippen molar-refractivity contribution in [3.63, 3.8) is 0 Å². The maximum atomic E-state index is 13.1. The quantitative estimate of drug-likeness (QED) is 0.738. The van der Waals surface area contributed by atoms with Crippen molar-refractivity contribution in [2.75, 3.05) is 47.8 Å². The molecular formula is C24H25F3N4O3. The third-order valence-corrected chi connectivity index (χ3v) is 6.10. The number of hydrogen-bond donors (Lipinski definition) is 1. The van der Waals surface area contributed by atoms with E-state index < -0.39 is 17.7 Å². The fourth-order valence-corrected chi connectivity index (χ4v) is 4.37. The Morgan fingerprint density at radius 1 is 0.971 bits per heavy atom. The molecule has 0 spiro atoms. The van der Waals surface area contributed by atoms with E-state index in [1.54, 1.807) is 40.1 Å². The van der Waals surface area contributed by atoms with E-state index in [-0.39, 0.29) is 30.7 Å². The average Bonchev–Trinajstić information content (AvgIpc) is 3.20. The van der Waals surface area contributed by atoms with Gasteiger partial charge in [0.2, 0.25) is 17.7 Å². The molecule has 180 valence electrons. The standard InChI is InChI=1S/C24H25F3N4O3/c1-16(32)28-19-5-7-20(8-6-19)31-15-17(13-22(31)33)23(34)30-11-9-29(10-12-30)21-4-2-3-18(14-21)24(25,26)27/h2-8,14,17H,9-13,15H2,1H3,(H,28,32). The second-order valence-corrected chi connectivity index (χ2v) is 8.49. The first kappa shape index (κ1) is 23.6. The molecule has 7 nitrogen and oxygen atoms in total. The van der Waals surface area contributed by atoms with Crippen LogP contribution in [0.25, 0.3) is 0 Å². The van der Waals surface area contributed by atoms with Crippen molar-refractivity contribution >= 4 is 34.8 Å². The molecule has 2 saturated heterocycles. The van der Waals surface area contributed by atoms with Crippen molar-refractivity contribution < 1.29 is 27.6 Å². The summed E-state index contributed by atoms with van der Waals surface area (Å²) in [5.74, 6) is -0.922. The SMILES string of the molecule is CC(=O)Nc1ccc(N2CC(C(=O)N3CCN(c4cccc(C(F)(F)F)c4)CC3)CC2=O)cc1. The van der Waals surface area contributed by atoms with Crippen LogP contribution in [0.2, 0.25) is 0 Å². The molecule has 0 radical (unpaired) electrons. The number of hydrogen-bond acceptors (Lipinski definition) is 4. The first-order valence-electron chi connectivity index (χ1n) is 11.0. The van der Waals surface area contributed by atoms with Crippen LogP contribution in [0.4, 0.5) is 30.2 Å². The number of piperazine rings is 1. The van der Waals surface area contributed by atoms with Gasteiger partial charge in [0.25, 0.3) is 0 Å². The lowest BCUT2D eigenvalue weighted by molar-refractivity contribution is -0.137. The van der Waals surface area contributed by atoms with Gasteiger partial charge in [-0.3, -0.25) is 14.4 Å². The van der Waals surface area contributed by atoms with Gasteiger partial charge in [-0.25, -0.2) is 0 Å². The van der Waals surface area contributed by atoms with E-state index >= 15 is 0 Å². The predicted octanol–water partition coefficient (Wildman–Crippen LogP) is 3.37. The van der Waals surface area contributed by atoms with Gasteiger partial charge in [0.15, 0.2) is 0 Å². The molecule has 2 aromatic carbocycles. The molecule has 0 aromatic heterocycles. The summed E-state index contributed by atoms with van der Waals surface area (Å²) >= 11 is 0. The van der Waals surface area contributed by atoms with Gasteiger partial charge in [-0.05, 0) is 42.5 Å². The number of amides is 3. The van der Waals surface area contributed by atoms with Gasteiger partial charge >= 0.3 is 6.18 Å². The maximum absolute atomic E-state index is 13.1. The zero-order valence-corrected chi connectivity index (χ0v) is 18.6. The topological polar surface area (TPSA) is 73.0 Å². The Hall–Kier alpha value is -3.56. The second kappa shape index (κ2) is 9.36. The summed E-state index contributed by atoms with van der Waals surface area (Å²) in [7, 11) is 0. The monoisotopic (exact) mass is 474 g/mol. The molecule has 34 heavy (non-hydrogen) atoms. The van der Waals surface area contributed by atoms with E-state index in [0.717, 1.165) is 12.1 Å². The number of anilines is 3. The molecule has 1 unspecified atom stereocenters. The Labute approximate surface area is 195 Å². The molecule has 2 aliphatic rings. The summed E-state index contributed by atoms with van der Waals surface area (Å²) in [6.07, 6.45) is -4.29. The van der Waals surface area contributed by atoms with Crippen molar-refractivity contribution in [1.29, 1.82) is 0 Å². The summed E-state index contributed by atoms with van der Waals surface area (Å²) in [6, 6.07) is 12.0. The average molecular weight is 474 g/mol. The molecule has 0 saturated carbocycles. The fraction of sp³-hybridized carbons (Fsp3) is 0.375. The van der Waals surface area contributed by atoms with Crippen LogP contribution in [0, 0.1) is 5.92 Å². The Balaban J connectivity index is 1.35. The minimum Gasteiger partial charge on any atom is -0.368 e. The largest absolute Gasteiger partial charge is 0.416 e. The molecule has 4 rings (SSSR count). The van der Waals surface area contributed by atoms with Gasteiger partial charge in [0, 0.05) is 63.1 Å². The van der Waals surface area contributed by atoms with Gasteiger partial charge in [-0.2, -0.15) is 13.2 Å². The van der Waals surface area contributed by atoms with Crippen molar-refractivity contribution in [2.24, 2.45) is 5.92 Å². The van der Waals surface area contributed by atoms with Gasteiger partial charge in [-0.15, -0.1) is 0 Å². The lowest BCUT2D eigenvalue weighted by Gasteiger charge is -2.37. The highest BCUT2D eigenvalue weighted by Crippen LogP contribution is 2.32. The third kappa shape index (κ3) is 5.16. The van der Waals surface area contributed by atoms with Gasteiger partial charge in [0.05, 0.1) is 11.5 Å². The number of halogens is 3. The smallest absolute Gasteiger partial charge is 0.368 e.